The molecule has 2 fully saturated rings. The molecule has 28 heavy (non-hydrogen) atoms. The van der Waals surface area contributed by atoms with Gasteiger partial charge in [-0.05, 0) is 36.8 Å². The molecule has 1 aromatic carbocycles. The fourth-order valence-corrected chi connectivity index (χ4v) is 6.61. The first-order valence-electron chi connectivity index (χ1n) is 10.5. The largest absolute Gasteiger partial charge is 0.349 e. The van der Waals surface area contributed by atoms with Crippen LogP contribution in [0.25, 0.3) is 0 Å². The molecule has 2 aliphatic heterocycles. The normalized spacial score (nSPS) is 28.0. The SMILES string of the molecule is O=C(CCN1CCN(C2CCS(=O)(=O)C2)CC1)NC1CCCc2ccccc21. The number of hydrogen-bond acceptors (Lipinski definition) is 5. The summed E-state index contributed by atoms with van der Waals surface area (Å²) in [6, 6.07) is 8.78. The van der Waals surface area contributed by atoms with E-state index in [-0.39, 0.29) is 18.0 Å². The zero-order valence-electron chi connectivity index (χ0n) is 16.5. The highest BCUT2D eigenvalue weighted by Gasteiger charge is 2.33. The molecule has 4 rings (SSSR count). The number of carbonyl (C=O) groups is 1. The summed E-state index contributed by atoms with van der Waals surface area (Å²) in [6.07, 6.45) is 4.55. The van der Waals surface area contributed by atoms with Crippen LogP contribution in [0.3, 0.4) is 0 Å². The van der Waals surface area contributed by atoms with Crippen LogP contribution >= 0.6 is 0 Å². The summed E-state index contributed by atoms with van der Waals surface area (Å²) in [4.78, 5) is 17.1. The average molecular weight is 406 g/mol. The third kappa shape index (κ3) is 4.75. The number of aryl methyl sites for hydroxylation is 1. The van der Waals surface area contributed by atoms with Crippen molar-refractivity contribution in [2.24, 2.45) is 0 Å². The van der Waals surface area contributed by atoms with Crippen LogP contribution < -0.4 is 5.32 Å². The molecule has 7 heteroatoms. The Morgan fingerprint density at radius 1 is 1.11 bits per heavy atom. The second-order valence-corrected chi connectivity index (χ2v) is 10.6. The molecule has 2 atom stereocenters. The number of nitrogens with zero attached hydrogens (tertiary/aromatic N) is 2. The van der Waals surface area contributed by atoms with Crippen molar-refractivity contribution in [3.05, 3.63) is 35.4 Å². The number of sulfone groups is 1. The highest BCUT2D eigenvalue weighted by Crippen LogP contribution is 2.29. The van der Waals surface area contributed by atoms with Crippen molar-refractivity contribution in [1.82, 2.24) is 15.1 Å². The molecule has 0 saturated carbocycles. The lowest BCUT2D eigenvalue weighted by Gasteiger charge is -2.37. The van der Waals surface area contributed by atoms with E-state index < -0.39 is 9.84 Å². The van der Waals surface area contributed by atoms with E-state index in [1.807, 2.05) is 0 Å². The van der Waals surface area contributed by atoms with Gasteiger partial charge in [-0.15, -0.1) is 0 Å². The summed E-state index contributed by atoms with van der Waals surface area (Å²) in [5, 5.41) is 3.23. The monoisotopic (exact) mass is 405 g/mol. The van der Waals surface area contributed by atoms with Gasteiger partial charge in [0, 0.05) is 45.2 Å². The highest BCUT2D eigenvalue weighted by atomic mass is 32.2. The number of rotatable bonds is 5. The maximum absolute atomic E-state index is 12.5. The van der Waals surface area contributed by atoms with Crippen molar-refractivity contribution >= 4 is 15.7 Å². The Kier molecular flexibility index (Phi) is 6.04. The van der Waals surface area contributed by atoms with Crippen molar-refractivity contribution < 1.29 is 13.2 Å². The minimum atomic E-state index is -2.82. The lowest BCUT2D eigenvalue weighted by Crippen LogP contribution is -2.51. The van der Waals surface area contributed by atoms with E-state index in [0.29, 0.717) is 17.9 Å². The van der Waals surface area contributed by atoms with Crippen LogP contribution in [-0.2, 0) is 21.1 Å². The third-order valence-electron chi connectivity index (χ3n) is 6.49. The fraction of sp³-hybridized carbons (Fsp3) is 0.667. The van der Waals surface area contributed by atoms with Gasteiger partial charge in [-0.1, -0.05) is 24.3 Å². The first-order valence-corrected chi connectivity index (χ1v) is 12.4. The predicted octanol–water partition coefficient (Wildman–Crippen LogP) is 1.38. The molecule has 1 aliphatic carbocycles. The molecule has 6 nitrogen and oxygen atoms in total. The van der Waals surface area contributed by atoms with Crippen LogP contribution in [0.1, 0.15) is 42.9 Å². The summed E-state index contributed by atoms with van der Waals surface area (Å²) >= 11 is 0. The number of nitrogens with one attached hydrogen (secondary N) is 1. The van der Waals surface area contributed by atoms with Crippen molar-refractivity contribution in [2.75, 3.05) is 44.2 Å². The van der Waals surface area contributed by atoms with Crippen molar-refractivity contribution in [1.29, 1.82) is 0 Å². The van der Waals surface area contributed by atoms with Gasteiger partial charge in [0.1, 0.15) is 0 Å². The Hall–Kier alpha value is -1.44. The smallest absolute Gasteiger partial charge is 0.221 e. The maximum atomic E-state index is 12.5. The number of piperazine rings is 1. The van der Waals surface area contributed by atoms with Gasteiger partial charge >= 0.3 is 0 Å². The van der Waals surface area contributed by atoms with E-state index in [9.17, 15) is 13.2 Å². The van der Waals surface area contributed by atoms with E-state index in [1.165, 1.54) is 11.1 Å². The predicted molar refractivity (Wildman–Crippen MR) is 110 cm³/mol. The zero-order valence-corrected chi connectivity index (χ0v) is 17.3. The summed E-state index contributed by atoms with van der Waals surface area (Å²) in [6.45, 7) is 4.40. The first kappa shape index (κ1) is 19.9. The second-order valence-electron chi connectivity index (χ2n) is 8.40. The van der Waals surface area contributed by atoms with Crippen LogP contribution in [0.4, 0.5) is 0 Å². The Labute approximate surface area is 168 Å². The molecule has 1 aromatic rings. The molecule has 2 unspecified atom stereocenters. The number of hydrogen-bond donors (Lipinski definition) is 1. The topological polar surface area (TPSA) is 69.7 Å². The summed E-state index contributed by atoms with van der Waals surface area (Å²) in [5.41, 5.74) is 2.64. The first-order chi connectivity index (χ1) is 13.5. The van der Waals surface area contributed by atoms with Gasteiger partial charge in [0.2, 0.25) is 5.91 Å². The summed E-state index contributed by atoms with van der Waals surface area (Å²) < 4.78 is 23.4. The fourth-order valence-electron chi connectivity index (χ4n) is 4.85. The number of amides is 1. The zero-order chi connectivity index (χ0) is 19.6. The Morgan fingerprint density at radius 2 is 1.89 bits per heavy atom. The van der Waals surface area contributed by atoms with Crippen LogP contribution in [0.5, 0.6) is 0 Å². The molecule has 0 aromatic heterocycles. The van der Waals surface area contributed by atoms with Gasteiger partial charge in [-0.2, -0.15) is 0 Å². The molecule has 0 radical (unpaired) electrons. The molecular weight excluding hydrogens is 374 g/mol. The number of fused-ring (bicyclic) bond motifs is 1. The Morgan fingerprint density at radius 3 is 2.64 bits per heavy atom. The molecule has 3 aliphatic rings. The van der Waals surface area contributed by atoms with Crippen molar-refractivity contribution in [3.8, 4) is 0 Å². The lowest BCUT2D eigenvalue weighted by atomic mass is 9.87. The van der Waals surface area contributed by atoms with Crippen molar-refractivity contribution in [2.45, 2.75) is 44.2 Å². The van der Waals surface area contributed by atoms with Gasteiger partial charge in [-0.3, -0.25) is 9.69 Å². The van der Waals surface area contributed by atoms with Gasteiger partial charge in [0.25, 0.3) is 0 Å². The quantitative estimate of drug-likeness (QED) is 0.801. The maximum Gasteiger partial charge on any atom is 0.221 e. The van der Waals surface area contributed by atoms with Crippen LogP contribution in [0.15, 0.2) is 24.3 Å². The molecule has 0 bridgehead atoms. The molecule has 1 N–H and O–H groups in total. The Balaban J connectivity index is 1.20. The van der Waals surface area contributed by atoms with Gasteiger partial charge in [-0.25, -0.2) is 8.42 Å². The van der Waals surface area contributed by atoms with E-state index in [4.69, 9.17) is 0 Å². The minimum absolute atomic E-state index is 0.131. The minimum Gasteiger partial charge on any atom is -0.349 e. The summed E-state index contributed by atoms with van der Waals surface area (Å²) in [5.74, 6) is 0.784. The molecule has 2 heterocycles. The third-order valence-corrected chi connectivity index (χ3v) is 8.24. The number of benzene rings is 1. The standard InChI is InChI=1S/C21H31N3O3S/c25-21(22-20-7-3-5-17-4-1-2-6-19(17)20)8-10-23-11-13-24(14-12-23)18-9-15-28(26,27)16-18/h1-2,4,6,18,20H,3,5,7-16H2,(H,22,25). The molecule has 0 spiro atoms. The molecule has 154 valence electrons. The van der Waals surface area contributed by atoms with Crippen LogP contribution in [0, 0.1) is 0 Å². The van der Waals surface area contributed by atoms with E-state index in [0.717, 1.165) is 58.4 Å². The van der Waals surface area contributed by atoms with Gasteiger partial charge in [0.15, 0.2) is 9.84 Å². The summed E-state index contributed by atoms with van der Waals surface area (Å²) in [7, 11) is -2.82. The second kappa shape index (κ2) is 8.51. The molecular formula is C21H31N3O3S. The van der Waals surface area contributed by atoms with Gasteiger partial charge < -0.3 is 10.2 Å². The van der Waals surface area contributed by atoms with E-state index in [1.54, 1.807) is 0 Å². The van der Waals surface area contributed by atoms with E-state index >= 15 is 0 Å². The lowest BCUT2D eigenvalue weighted by molar-refractivity contribution is -0.122. The molecule has 2 saturated heterocycles. The van der Waals surface area contributed by atoms with Crippen LogP contribution in [-0.4, -0.2) is 74.4 Å². The average Bonchev–Trinajstić information content (AvgIpc) is 3.07. The van der Waals surface area contributed by atoms with Crippen molar-refractivity contribution in [3.63, 3.8) is 0 Å². The van der Waals surface area contributed by atoms with Gasteiger partial charge in [0.05, 0.1) is 17.5 Å². The van der Waals surface area contributed by atoms with E-state index in [2.05, 4.69) is 39.4 Å². The number of carbonyl (C=O) groups excluding carboxylic acids is 1. The Bertz CT molecular complexity index is 803. The molecule has 1 amide bonds. The van der Waals surface area contributed by atoms with Crippen LogP contribution in [0.2, 0.25) is 0 Å². The highest BCUT2D eigenvalue weighted by molar-refractivity contribution is 7.91.